The fourth-order valence-electron chi connectivity index (χ4n) is 3.04. The summed E-state index contributed by atoms with van der Waals surface area (Å²) in [6, 6.07) is 21.2. The third-order valence-electron chi connectivity index (χ3n) is 4.45. The second kappa shape index (κ2) is 6.97. The zero-order chi connectivity index (χ0) is 18.8. The molecule has 3 N–H and O–H groups in total. The number of aromatic nitrogens is 2. The number of carbonyl (C=O) groups excluding carboxylic acids is 1. The number of rotatable bonds is 4. The summed E-state index contributed by atoms with van der Waals surface area (Å²) in [5.41, 5.74) is 10.8. The first kappa shape index (κ1) is 16.9. The highest BCUT2D eigenvalue weighted by atomic mass is 16.3. The van der Waals surface area contributed by atoms with Crippen LogP contribution in [0.4, 0.5) is 0 Å². The van der Waals surface area contributed by atoms with Gasteiger partial charge in [-0.05, 0) is 23.3 Å². The fourth-order valence-corrected chi connectivity index (χ4v) is 3.04. The number of primary amides is 1. The predicted octanol–water partition coefficient (Wildman–Crippen LogP) is 3.56. The third kappa shape index (κ3) is 3.28. The van der Waals surface area contributed by atoms with Gasteiger partial charge in [-0.3, -0.25) is 4.79 Å². The number of hydrogen-bond acceptors (Lipinski definition) is 4. The molecule has 0 atom stereocenters. The number of hydrogen-bond donors (Lipinski definition) is 2. The molecule has 4 aromatic rings. The second-order valence-corrected chi connectivity index (χ2v) is 6.23. The topological polar surface area (TPSA) is 89.1 Å². The van der Waals surface area contributed by atoms with Crippen molar-refractivity contribution in [1.82, 2.24) is 9.97 Å². The highest BCUT2D eigenvalue weighted by Crippen LogP contribution is 2.33. The van der Waals surface area contributed by atoms with Crippen LogP contribution in [0, 0.1) is 0 Å². The monoisotopic (exact) mass is 355 g/mol. The molecule has 0 saturated heterocycles. The van der Waals surface area contributed by atoms with Crippen molar-refractivity contribution in [2.45, 2.75) is 6.61 Å². The van der Waals surface area contributed by atoms with Crippen molar-refractivity contribution < 1.29 is 9.90 Å². The maximum absolute atomic E-state index is 11.5. The van der Waals surface area contributed by atoms with Gasteiger partial charge in [0.15, 0.2) is 0 Å². The lowest BCUT2D eigenvalue weighted by atomic mass is 9.97. The minimum absolute atomic E-state index is 0.00319. The van der Waals surface area contributed by atoms with E-state index in [4.69, 9.17) is 10.7 Å². The lowest BCUT2D eigenvalue weighted by Gasteiger charge is -2.12. The molecule has 2 aromatic heterocycles. The van der Waals surface area contributed by atoms with Crippen LogP contribution in [0.3, 0.4) is 0 Å². The second-order valence-electron chi connectivity index (χ2n) is 6.23. The molecule has 132 valence electrons. The number of amides is 1. The number of pyridine rings is 2. The first-order valence-corrected chi connectivity index (χ1v) is 8.52. The Morgan fingerprint density at radius 2 is 1.70 bits per heavy atom. The van der Waals surface area contributed by atoms with E-state index in [-0.39, 0.29) is 12.3 Å². The Labute approximate surface area is 156 Å². The average molecular weight is 355 g/mol. The van der Waals surface area contributed by atoms with Gasteiger partial charge in [-0.2, -0.15) is 0 Å². The highest BCUT2D eigenvalue weighted by Gasteiger charge is 2.13. The van der Waals surface area contributed by atoms with E-state index in [9.17, 15) is 9.90 Å². The molecular formula is C22H17N3O2. The van der Waals surface area contributed by atoms with Gasteiger partial charge in [0, 0.05) is 16.5 Å². The van der Waals surface area contributed by atoms with Crippen LogP contribution in [-0.4, -0.2) is 21.0 Å². The maximum Gasteiger partial charge on any atom is 0.267 e. The van der Waals surface area contributed by atoms with Gasteiger partial charge in [0.2, 0.25) is 0 Å². The standard InChI is InChI=1S/C22H17N3O2/c23-22(27)19-11-17-10-18(15-4-2-1-3-5-15)21(25-20(17)12-24-19)16-8-6-14(13-26)7-9-16/h1-12,26H,13H2,(H2,23,27). The molecule has 0 aliphatic rings. The number of aliphatic hydroxyl groups is 1. The molecule has 27 heavy (non-hydrogen) atoms. The Morgan fingerprint density at radius 1 is 0.963 bits per heavy atom. The van der Waals surface area contributed by atoms with E-state index in [0.29, 0.717) is 5.52 Å². The molecule has 0 unspecified atom stereocenters. The number of benzene rings is 2. The molecule has 0 aliphatic heterocycles. The SMILES string of the molecule is NC(=O)c1cc2cc(-c3ccccc3)c(-c3ccc(CO)cc3)nc2cn1. The van der Waals surface area contributed by atoms with Crippen molar-refractivity contribution >= 4 is 16.8 Å². The Bertz CT molecular complexity index is 1120. The van der Waals surface area contributed by atoms with Gasteiger partial charge in [0.05, 0.1) is 24.0 Å². The summed E-state index contributed by atoms with van der Waals surface area (Å²) < 4.78 is 0. The molecule has 5 heteroatoms. The molecule has 0 spiro atoms. The smallest absolute Gasteiger partial charge is 0.267 e. The summed E-state index contributed by atoms with van der Waals surface area (Å²) >= 11 is 0. The van der Waals surface area contributed by atoms with Crippen LogP contribution < -0.4 is 5.73 Å². The molecule has 1 amide bonds. The van der Waals surface area contributed by atoms with E-state index >= 15 is 0 Å². The number of fused-ring (bicyclic) bond motifs is 1. The van der Waals surface area contributed by atoms with Crippen molar-refractivity contribution in [3.8, 4) is 22.4 Å². The van der Waals surface area contributed by atoms with Crippen molar-refractivity contribution in [2.75, 3.05) is 0 Å². The van der Waals surface area contributed by atoms with Gasteiger partial charge in [-0.25, -0.2) is 9.97 Å². The Hall–Kier alpha value is -3.57. The molecule has 5 nitrogen and oxygen atoms in total. The van der Waals surface area contributed by atoms with E-state index in [1.165, 1.54) is 0 Å². The Kier molecular flexibility index (Phi) is 4.36. The molecule has 0 aliphatic carbocycles. The van der Waals surface area contributed by atoms with Crippen molar-refractivity contribution in [1.29, 1.82) is 0 Å². The van der Waals surface area contributed by atoms with Gasteiger partial charge < -0.3 is 10.8 Å². The van der Waals surface area contributed by atoms with E-state index in [0.717, 1.165) is 33.3 Å². The molecule has 0 radical (unpaired) electrons. The molecule has 2 heterocycles. The van der Waals surface area contributed by atoms with Crippen LogP contribution in [-0.2, 0) is 6.61 Å². The summed E-state index contributed by atoms with van der Waals surface area (Å²) in [7, 11) is 0. The minimum atomic E-state index is -0.568. The molecular weight excluding hydrogens is 338 g/mol. The van der Waals surface area contributed by atoms with Gasteiger partial charge >= 0.3 is 0 Å². The van der Waals surface area contributed by atoms with Crippen molar-refractivity contribution in [3.05, 3.63) is 84.2 Å². The normalized spacial score (nSPS) is 10.9. The first-order valence-electron chi connectivity index (χ1n) is 8.52. The minimum Gasteiger partial charge on any atom is -0.392 e. The summed E-state index contributed by atoms with van der Waals surface area (Å²) in [4.78, 5) is 20.4. The lowest BCUT2D eigenvalue weighted by Crippen LogP contribution is -2.12. The van der Waals surface area contributed by atoms with Gasteiger partial charge in [0.25, 0.3) is 5.91 Å². The molecule has 0 fully saturated rings. The van der Waals surface area contributed by atoms with Crippen LogP contribution in [0.25, 0.3) is 33.3 Å². The largest absolute Gasteiger partial charge is 0.392 e. The van der Waals surface area contributed by atoms with Gasteiger partial charge in [-0.15, -0.1) is 0 Å². The number of carbonyl (C=O) groups is 1. The maximum atomic E-state index is 11.5. The lowest BCUT2D eigenvalue weighted by molar-refractivity contribution is 0.0996. The van der Waals surface area contributed by atoms with E-state index < -0.39 is 5.91 Å². The van der Waals surface area contributed by atoms with Crippen LogP contribution in [0.5, 0.6) is 0 Å². The van der Waals surface area contributed by atoms with Gasteiger partial charge in [0.1, 0.15) is 5.69 Å². The van der Waals surface area contributed by atoms with Crippen LogP contribution in [0.15, 0.2) is 72.9 Å². The van der Waals surface area contributed by atoms with E-state index in [2.05, 4.69) is 4.98 Å². The average Bonchev–Trinajstić information content (AvgIpc) is 2.73. The first-order chi connectivity index (χ1) is 13.2. The van der Waals surface area contributed by atoms with Crippen LogP contribution in [0.2, 0.25) is 0 Å². The molecule has 0 saturated carbocycles. The molecule has 4 rings (SSSR count). The number of nitrogens with zero attached hydrogens (tertiary/aromatic N) is 2. The zero-order valence-corrected chi connectivity index (χ0v) is 14.5. The van der Waals surface area contributed by atoms with Crippen molar-refractivity contribution in [2.24, 2.45) is 5.73 Å². The zero-order valence-electron chi connectivity index (χ0n) is 14.5. The summed E-state index contributed by atoms with van der Waals surface area (Å²) in [5, 5.41) is 10.1. The van der Waals surface area contributed by atoms with E-state index in [1.54, 1.807) is 12.3 Å². The predicted molar refractivity (Wildman–Crippen MR) is 105 cm³/mol. The Morgan fingerprint density at radius 3 is 2.37 bits per heavy atom. The van der Waals surface area contributed by atoms with E-state index in [1.807, 2.05) is 60.7 Å². The highest BCUT2D eigenvalue weighted by molar-refractivity contribution is 5.97. The quantitative estimate of drug-likeness (QED) is 0.586. The molecule has 0 bridgehead atoms. The number of aliphatic hydroxyl groups excluding tert-OH is 1. The third-order valence-corrected chi connectivity index (χ3v) is 4.45. The van der Waals surface area contributed by atoms with Crippen molar-refractivity contribution in [3.63, 3.8) is 0 Å². The Balaban J connectivity index is 1.97. The van der Waals surface area contributed by atoms with Gasteiger partial charge in [-0.1, -0.05) is 54.6 Å². The van der Waals surface area contributed by atoms with Crippen LogP contribution >= 0.6 is 0 Å². The summed E-state index contributed by atoms with van der Waals surface area (Å²) in [5.74, 6) is -0.568. The van der Waals surface area contributed by atoms with Crippen LogP contribution in [0.1, 0.15) is 16.1 Å². The molecule has 2 aromatic carbocycles. The number of nitrogens with two attached hydrogens (primary N) is 1. The fraction of sp³-hybridized carbons (Fsp3) is 0.0455. The summed E-state index contributed by atoms with van der Waals surface area (Å²) in [6.07, 6.45) is 1.57. The summed E-state index contributed by atoms with van der Waals surface area (Å²) in [6.45, 7) is -0.00319.